The van der Waals surface area contributed by atoms with Crippen molar-refractivity contribution in [3.63, 3.8) is 0 Å². The zero-order valence-corrected chi connectivity index (χ0v) is 12.2. The fourth-order valence-electron chi connectivity index (χ4n) is 4.01. The third-order valence-corrected chi connectivity index (χ3v) is 4.95. The molecule has 2 aliphatic rings. The number of aliphatic hydroxyl groups excluding tert-OH is 1. The molecule has 110 valence electrons. The molecular weight excluding hydrogens is 250 g/mol. The molecule has 0 aromatic heterocycles. The van der Waals surface area contributed by atoms with Crippen LogP contribution in [0.4, 0.5) is 0 Å². The molecule has 0 spiro atoms. The Kier molecular flexibility index (Phi) is 4.39. The maximum atomic E-state index is 9.83. The summed E-state index contributed by atoms with van der Waals surface area (Å²) >= 11 is 0. The number of fused-ring (bicyclic) bond motifs is 3. The number of hydrogen-bond donors (Lipinski definition) is 2. The van der Waals surface area contributed by atoms with Crippen LogP contribution in [0.25, 0.3) is 0 Å². The average molecular weight is 275 g/mol. The van der Waals surface area contributed by atoms with Gasteiger partial charge in [0, 0.05) is 19.7 Å². The smallest absolute Gasteiger partial charge is 0.0897 e. The molecule has 1 aromatic rings. The lowest BCUT2D eigenvalue weighted by Crippen LogP contribution is -2.43. The molecule has 1 saturated carbocycles. The van der Waals surface area contributed by atoms with Crippen molar-refractivity contribution >= 4 is 0 Å². The first-order valence-electron chi connectivity index (χ1n) is 7.75. The summed E-state index contributed by atoms with van der Waals surface area (Å²) in [6.07, 6.45) is 4.61. The van der Waals surface area contributed by atoms with E-state index in [1.54, 1.807) is 7.11 Å². The summed E-state index contributed by atoms with van der Waals surface area (Å²) in [5, 5.41) is 13.4. The maximum Gasteiger partial charge on any atom is 0.0897 e. The van der Waals surface area contributed by atoms with Gasteiger partial charge in [0.25, 0.3) is 0 Å². The highest BCUT2D eigenvalue weighted by Crippen LogP contribution is 2.39. The number of rotatable bonds is 5. The molecule has 2 aliphatic carbocycles. The van der Waals surface area contributed by atoms with E-state index >= 15 is 0 Å². The van der Waals surface area contributed by atoms with Crippen LogP contribution in [0.1, 0.15) is 24.0 Å². The van der Waals surface area contributed by atoms with Gasteiger partial charge in [0.2, 0.25) is 0 Å². The second-order valence-electron chi connectivity index (χ2n) is 6.32. The summed E-state index contributed by atoms with van der Waals surface area (Å²) in [5.41, 5.74) is 3.06. The summed E-state index contributed by atoms with van der Waals surface area (Å²) in [6.45, 7) is 1.05. The number of ether oxygens (including phenoxy) is 1. The van der Waals surface area contributed by atoms with Crippen LogP contribution in [0.2, 0.25) is 0 Å². The number of aliphatic hydroxyl groups is 1. The van der Waals surface area contributed by atoms with Gasteiger partial charge in [-0.25, -0.2) is 0 Å². The lowest BCUT2D eigenvalue weighted by atomic mass is 9.94. The van der Waals surface area contributed by atoms with Gasteiger partial charge in [-0.3, -0.25) is 0 Å². The minimum atomic E-state index is -0.398. The van der Waals surface area contributed by atoms with Crippen LogP contribution in [0.5, 0.6) is 0 Å². The molecule has 20 heavy (non-hydrogen) atoms. The average Bonchev–Trinajstić information content (AvgIpc) is 2.71. The molecule has 0 saturated heterocycles. The van der Waals surface area contributed by atoms with Crippen molar-refractivity contribution in [1.29, 1.82) is 0 Å². The molecular formula is C17H25NO2. The normalized spacial score (nSPS) is 29.8. The van der Waals surface area contributed by atoms with E-state index in [0.29, 0.717) is 19.2 Å². The van der Waals surface area contributed by atoms with E-state index < -0.39 is 6.10 Å². The molecule has 3 atom stereocenters. The Morgan fingerprint density at radius 3 is 2.35 bits per heavy atom. The quantitative estimate of drug-likeness (QED) is 0.860. The summed E-state index contributed by atoms with van der Waals surface area (Å²) in [6, 6.07) is 9.43. The lowest BCUT2D eigenvalue weighted by molar-refractivity contribution is 0.0605. The van der Waals surface area contributed by atoms with E-state index in [0.717, 1.165) is 11.8 Å². The topological polar surface area (TPSA) is 41.5 Å². The second kappa shape index (κ2) is 6.25. The Labute approximate surface area is 121 Å². The first-order chi connectivity index (χ1) is 9.78. The van der Waals surface area contributed by atoms with E-state index in [1.165, 1.54) is 36.8 Å². The van der Waals surface area contributed by atoms with Crippen LogP contribution in [0.15, 0.2) is 24.3 Å². The molecule has 0 heterocycles. The predicted octanol–water partition coefficient (Wildman–Crippen LogP) is 1.78. The monoisotopic (exact) mass is 275 g/mol. The van der Waals surface area contributed by atoms with Crippen molar-refractivity contribution < 1.29 is 9.84 Å². The first-order valence-corrected chi connectivity index (χ1v) is 7.75. The summed E-state index contributed by atoms with van der Waals surface area (Å²) < 4.78 is 5.00. The van der Waals surface area contributed by atoms with Crippen molar-refractivity contribution in [3.8, 4) is 0 Å². The molecule has 3 rings (SSSR count). The maximum absolute atomic E-state index is 9.83. The van der Waals surface area contributed by atoms with Gasteiger partial charge < -0.3 is 15.2 Å². The van der Waals surface area contributed by atoms with Crippen molar-refractivity contribution in [2.45, 2.75) is 37.8 Å². The number of methoxy groups -OCH3 is 1. The predicted molar refractivity (Wildman–Crippen MR) is 79.7 cm³/mol. The minimum Gasteiger partial charge on any atom is -0.389 e. The molecule has 0 amide bonds. The summed E-state index contributed by atoms with van der Waals surface area (Å²) in [4.78, 5) is 0. The number of hydrogen-bond acceptors (Lipinski definition) is 3. The highest BCUT2D eigenvalue weighted by Gasteiger charge is 2.38. The molecule has 1 aromatic carbocycles. The van der Waals surface area contributed by atoms with Gasteiger partial charge >= 0.3 is 0 Å². The van der Waals surface area contributed by atoms with E-state index in [1.807, 2.05) is 0 Å². The zero-order valence-electron chi connectivity index (χ0n) is 12.2. The van der Waals surface area contributed by atoms with Crippen LogP contribution in [0, 0.1) is 11.8 Å². The van der Waals surface area contributed by atoms with Crippen molar-refractivity contribution in [2.75, 3.05) is 20.3 Å². The fraction of sp³-hybridized carbons (Fsp3) is 0.647. The Bertz CT molecular complexity index is 415. The van der Waals surface area contributed by atoms with Crippen LogP contribution in [-0.4, -0.2) is 37.5 Å². The molecule has 0 radical (unpaired) electrons. The summed E-state index contributed by atoms with van der Waals surface area (Å²) in [7, 11) is 1.63. The highest BCUT2D eigenvalue weighted by atomic mass is 16.5. The van der Waals surface area contributed by atoms with Gasteiger partial charge in [-0.05, 0) is 48.6 Å². The summed E-state index contributed by atoms with van der Waals surface area (Å²) in [5.74, 6) is 1.44. The fourth-order valence-corrected chi connectivity index (χ4v) is 4.01. The van der Waals surface area contributed by atoms with E-state index in [4.69, 9.17) is 4.74 Å². The Balaban J connectivity index is 1.66. The second-order valence-corrected chi connectivity index (χ2v) is 6.32. The van der Waals surface area contributed by atoms with Gasteiger partial charge in [-0.15, -0.1) is 0 Å². The molecule has 2 bridgehead atoms. The van der Waals surface area contributed by atoms with Gasteiger partial charge in [-0.1, -0.05) is 24.3 Å². The molecule has 0 aliphatic heterocycles. The zero-order chi connectivity index (χ0) is 13.9. The molecule has 3 heteroatoms. The van der Waals surface area contributed by atoms with Crippen molar-refractivity contribution in [1.82, 2.24) is 5.32 Å². The third kappa shape index (κ3) is 2.90. The minimum absolute atomic E-state index is 0.398. The van der Waals surface area contributed by atoms with Crippen molar-refractivity contribution in [3.05, 3.63) is 35.4 Å². The third-order valence-electron chi connectivity index (χ3n) is 4.95. The largest absolute Gasteiger partial charge is 0.389 e. The van der Waals surface area contributed by atoms with Crippen LogP contribution in [0.3, 0.4) is 0 Å². The van der Waals surface area contributed by atoms with Crippen molar-refractivity contribution in [2.24, 2.45) is 11.8 Å². The molecule has 3 unspecified atom stereocenters. The SMILES string of the molecule is COCC(O)CNC1C2CCC1Cc1ccccc1C2. The van der Waals surface area contributed by atoms with Crippen LogP contribution >= 0.6 is 0 Å². The number of benzene rings is 1. The standard InChI is InChI=1S/C17H25NO2/c1-20-11-16(19)10-18-17-14-6-7-15(17)9-13-5-3-2-4-12(13)8-14/h2-5,14-19H,6-11H2,1H3. The van der Waals surface area contributed by atoms with Crippen LogP contribution < -0.4 is 5.32 Å². The molecule has 3 nitrogen and oxygen atoms in total. The first kappa shape index (κ1) is 14.1. The van der Waals surface area contributed by atoms with Gasteiger partial charge in [0.1, 0.15) is 0 Å². The molecule has 1 fully saturated rings. The van der Waals surface area contributed by atoms with Gasteiger partial charge in [0.05, 0.1) is 12.7 Å². The molecule has 2 N–H and O–H groups in total. The lowest BCUT2D eigenvalue weighted by Gasteiger charge is -2.25. The van der Waals surface area contributed by atoms with E-state index in [9.17, 15) is 5.11 Å². The van der Waals surface area contributed by atoms with E-state index in [2.05, 4.69) is 29.6 Å². The Hall–Kier alpha value is -0.900. The Morgan fingerprint density at radius 2 is 1.80 bits per heavy atom. The van der Waals surface area contributed by atoms with E-state index in [-0.39, 0.29) is 0 Å². The Morgan fingerprint density at radius 1 is 1.20 bits per heavy atom. The van der Waals surface area contributed by atoms with Gasteiger partial charge in [-0.2, -0.15) is 0 Å². The highest BCUT2D eigenvalue weighted by molar-refractivity contribution is 5.30. The van der Waals surface area contributed by atoms with Gasteiger partial charge in [0.15, 0.2) is 0 Å². The van der Waals surface area contributed by atoms with Crippen LogP contribution in [-0.2, 0) is 17.6 Å². The number of nitrogens with one attached hydrogen (secondary N) is 1.